The van der Waals surface area contributed by atoms with Gasteiger partial charge < -0.3 is 9.73 Å². The fraction of sp³-hybridized carbons (Fsp3) is 0.636. The summed E-state index contributed by atoms with van der Waals surface area (Å²) in [4.78, 5) is 0. The zero-order valence-corrected chi connectivity index (χ0v) is 8.12. The molecule has 0 spiro atoms. The van der Waals surface area contributed by atoms with E-state index in [-0.39, 0.29) is 0 Å². The van der Waals surface area contributed by atoms with Crippen molar-refractivity contribution in [1.82, 2.24) is 5.32 Å². The summed E-state index contributed by atoms with van der Waals surface area (Å²) in [5.41, 5.74) is 1.32. The van der Waals surface area contributed by atoms with Crippen LogP contribution in [0.25, 0.3) is 0 Å². The zero-order valence-electron chi connectivity index (χ0n) is 8.12. The zero-order chi connectivity index (χ0) is 9.10. The molecule has 1 heterocycles. The Labute approximate surface area is 79.3 Å². The van der Waals surface area contributed by atoms with Crippen molar-refractivity contribution in [2.45, 2.75) is 38.1 Å². The molecule has 2 nitrogen and oxygen atoms in total. The minimum Gasteiger partial charge on any atom is -0.472 e. The fourth-order valence-electron chi connectivity index (χ4n) is 1.51. The Kier molecular flexibility index (Phi) is 2.69. The van der Waals surface area contributed by atoms with Crippen molar-refractivity contribution in [3.05, 3.63) is 24.2 Å². The van der Waals surface area contributed by atoms with Crippen molar-refractivity contribution >= 4 is 0 Å². The number of nitrogens with one attached hydrogen (secondary N) is 1. The standard InChI is InChI=1S/C11H17NO/c1-9(10-5-7-13-8-10)4-6-12-11-2-3-11/h5,7-9,11-12H,2-4,6H2,1H3. The van der Waals surface area contributed by atoms with E-state index in [0.29, 0.717) is 5.92 Å². The molecular formula is C11H17NO. The average molecular weight is 179 g/mol. The van der Waals surface area contributed by atoms with Crippen LogP contribution < -0.4 is 5.32 Å². The molecule has 2 heteroatoms. The highest BCUT2D eigenvalue weighted by Gasteiger charge is 2.20. The molecule has 0 amide bonds. The highest BCUT2D eigenvalue weighted by molar-refractivity contribution is 5.11. The van der Waals surface area contributed by atoms with Gasteiger partial charge in [-0.3, -0.25) is 0 Å². The predicted molar refractivity (Wildman–Crippen MR) is 52.8 cm³/mol. The Hall–Kier alpha value is -0.760. The lowest BCUT2D eigenvalue weighted by Crippen LogP contribution is -2.18. The summed E-state index contributed by atoms with van der Waals surface area (Å²) in [6.45, 7) is 3.39. The number of hydrogen-bond donors (Lipinski definition) is 1. The number of furan rings is 1. The van der Waals surface area contributed by atoms with Crippen LogP contribution in [0.1, 0.15) is 37.7 Å². The van der Waals surface area contributed by atoms with Crippen molar-refractivity contribution in [1.29, 1.82) is 0 Å². The van der Waals surface area contributed by atoms with E-state index in [1.54, 1.807) is 6.26 Å². The van der Waals surface area contributed by atoms with Gasteiger partial charge in [0, 0.05) is 6.04 Å². The molecule has 1 aromatic rings. The average Bonchev–Trinajstić information content (AvgIpc) is 2.80. The third-order valence-corrected chi connectivity index (χ3v) is 2.70. The number of rotatable bonds is 5. The molecule has 1 N–H and O–H groups in total. The topological polar surface area (TPSA) is 25.2 Å². The monoisotopic (exact) mass is 179 g/mol. The first-order valence-corrected chi connectivity index (χ1v) is 5.12. The Morgan fingerprint density at radius 3 is 3.08 bits per heavy atom. The summed E-state index contributed by atoms with van der Waals surface area (Å²) in [5.74, 6) is 0.616. The van der Waals surface area contributed by atoms with Crippen molar-refractivity contribution in [3.63, 3.8) is 0 Å². The van der Waals surface area contributed by atoms with E-state index in [0.717, 1.165) is 12.6 Å². The summed E-state index contributed by atoms with van der Waals surface area (Å²) in [5, 5.41) is 3.52. The van der Waals surface area contributed by atoms with Gasteiger partial charge in [0.05, 0.1) is 12.5 Å². The third kappa shape index (κ3) is 2.59. The molecule has 0 saturated heterocycles. The first kappa shape index (κ1) is 8.82. The summed E-state index contributed by atoms with van der Waals surface area (Å²) < 4.78 is 5.05. The normalized spacial score (nSPS) is 18.8. The maximum absolute atomic E-state index is 5.05. The molecule has 1 unspecified atom stereocenters. The highest BCUT2D eigenvalue weighted by Crippen LogP contribution is 2.21. The van der Waals surface area contributed by atoms with Crippen LogP contribution in [0.5, 0.6) is 0 Å². The van der Waals surface area contributed by atoms with Crippen LogP contribution in [0.15, 0.2) is 23.0 Å². The van der Waals surface area contributed by atoms with Crippen LogP contribution in [0.2, 0.25) is 0 Å². The minimum absolute atomic E-state index is 0.616. The second-order valence-corrected chi connectivity index (χ2v) is 3.97. The van der Waals surface area contributed by atoms with Gasteiger partial charge in [-0.1, -0.05) is 6.92 Å². The van der Waals surface area contributed by atoms with Gasteiger partial charge in [0.25, 0.3) is 0 Å². The maximum Gasteiger partial charge on any atom is 0.0937 e. The Balaban J connectivity index is 1.68. The molecule has 1 aromatic heterocycles. The van der Waals surface area contributed by atoms with E-state index in [4.69, 9.17) is 4.42 Å². The van der Waals surface area contributed by atoms with E-state index >= 15 is 0 Å². The number of hydrogen-bond acceptors (Lipinski definition) is 2. The van der Waals surface area contributed by atoms with Gasteiger partial charge in [0.2, 0.25) is 0 Å². The van der Waals surface area contributed by atoms with Crippen LogP contribution in [-0.2, 0) is 0 Å². The van der Waals surface area contributed by atoms with Gasteiger partial charge in [-0.15, -0.1) is 0 Å². The lowest BCUT2D eigenvalue weighted by Gasteiger charge is -2.08. The third-order valence-electron chi connectivity index (χ3n) is 2.70. The summed E-state index contributed by atoms with van der Waals surface area (Å²) >= 11 is 0. The van der Waals surface area contributed by atoms with Gasteiger partial charge in [-0.05, 0) is 43.4 Å². The van der Waals surface area contributed by atoms with Crippen LogP contribution in [0.4, 0.5) is 0 Å². The van der Waals surface area contributed by atoms with Crippen molar-refractivity contribution in [3.8, 4) is 0 Å². The smallest absolute Gasteiger partial charge is 0.0937 e. The fourth-order valence-corrected chi connectivity index (χ4v) is 1.51. The van der Waals surface area contributed by atoms with Crippen molar-refractivity contribution in [2.24, 2.45) is 0 Å². The summed E-state index contributed by atoms with van der Waals surface area (Å²) in [7, 11) is 0. The van der Waals surface area contributed by atoms with Gasteiger partial charge in [0.15, 0.2) is 0 Å². The van der Waals surface area contributed by atoms with E-state index in [1.807, 2.05) is 6.26 Å². The van der Waals surface area contributed by atoms with E-state index < -0.39 is 0 Å². The van der Waals surface area contributed by atoms with Crippen LogP contribution in [0.3, 0.4) is 0 Å². The Morgan fingerprint density at radius 2 is 2.46 bits per heavy atom. The SMILES string of the molecule is CC(CCNC1CC1)c1ccoc1. The summed E-state index contributed by atoms with van der Waals surface area (Å²) in [6.07, 6.45) is 7.55. The molecule has 1 aliphatic carbocycles. The van der Waals surface area contributed by atoms with E-state index in [2.05, 4.69) is 18.3 Å². The molecule has 13 heavy (non-hydrogen) atoms. The largest absolute Gasteiger partial charge is 0.472 e. The first-order valence-electron chi connectivity index (χ1n) is 5.12. The minimum atomic E-state index is 0.616. The van der Waals surface area contributed by atoms with E-state index in [1.165, 1.54) is 24.8 Å². The molecule has 1 saturated carbocycles. The molecule has 0 radical (unpaired) electrons. The molecule has 2 rings (SSSR count). The molecule has 1 aliphatic rings. The highest BCUT2D eigenvalue weighted by atomic mass is 16.3. The van der Waals surface area contributed by atoms with Gasteiger partial charge in [-0.25, -0.2) is 0 Å². The second kappa shape index (κ2) is 3.97. The van der Waals surface area contributed by atoms with Crippen molar-refractivity contribution < 1.29 is 4.42 Å². The molecule has 0 bridgehead atoms. The van der Waals surface area contributed by atoms with Crippen LogP contribution in [0, 0.1) is 0 Å². The predicted octanol–water partition coefficient (Wildman–Crippen LogP) is 2.53. The molecule has 1 atom stereocenters. The molecule has 72 valence electrons. The summed E-state index contributed by atoms with van der Waals surface area (Å²) in [6, 6.07) is 2.89. The first-order chi connectivity index (χ1) is 6.36. The molecule has 0 aromatic carbocycles. The van der Waals surface area contributed by atoms with E-state index in [9.17, 15) is 0 Å². The maximum atomic E-state index is 5.05. The molecular weight excluding hydrogens is 162 g/mol. The lowest BCUT2D eigenvalue weighted by molar-refractivity contribution is 0.550. The molecule has 1 fully saturated rings. The van der Waals surface area contributed by atoms with Crippen LogP contribution >= 0.6 is 0 Å². The van der Waals surface area contributed by atoms with Gasteiger partial charge >= 0.3 is 0 Å². The van der Waals surface area contributed by atoms with Gasteiger partial charge in [-0.2, -0.15) is 0 Å². The van der Waals surface area contributed by atoms with Gasteiger partial charge in [0.1, 0.15) is 0 Å². The second-order valence-electron chi connectivity index (χ2n) is 3.97. The van der Waals surface area contributed by atoms with Crippen LogP contribution in [-0.4, -0.2) is 12.6 Å². The quantitative estimate of drug-likeness (QED) is 0.751. The lowest BCUT2D eigenvalue weighted by atomic mass is 10.0. The Bertz CT molecular complexity index is 239. The molecule has 0 aliphatic heterocycles. The van der Waals surface area contributed by atoms with Crippen molar-refractivity contribution in [2.75, 3.05) is 6.54 Å². The Morgan fingerprint density at radius 1 is 1.62 bits per heavy atom.